The van der Waals surface area contributed by atoms with E-state index in [1.165, 1.54) is 57.8 Å². The van der Waals surface area contributed by atoms with Gasteiger partial charge in [-0.15, -0.1) is 0 Å². The third kappa shape index (κ3) is 4.73. The maximum atomic E-state index is 1.62. The second kappa shape index (κ2) is 8.59. The fourth-order valence-electron chi connectivity index (χ4n) is 5.83. The summed E-state index contributed by atoms with van der Waals surface area (Å²) >= 11 is 0. The molecule has 0 heterocycles. The van der Waals surface area contributed by atoms with Crippen LogP contribution in [0.4, 0.5) is 0 Å². The van der Waals surface area contributed by atoms with E-state index in [9.17, 15) is 0 Å². The molecule has 122 valence electrons. The van der Waals surface area contributed by atoms with Crippen molar-refractivity contribution in [3.8, 4) is 0 Å². The fraction of sp³-hybridized carbons (Fsp3) is 1.00. The molecule has 0 saturated heterocycles. The highest BCUT2D eigenvalue weighted by Gasteiger charge is 2.34. The van der Waals surface area contributed by atoms with Crippen molar-refractivity contribution >= 4 is 0 Å². The zero-order chi connectivity index (χ0) is 14.3. The Morgan fingerprint density at radius 2 is 0.619 bits per heavy atom. The Morgan fingerprint density at radius 1 is 0.286 bits per heavy atom. The molecule has 0 aromatic carbocycles. The van der Waals surface area contributed by atoms with Gasteiger partial charge in [0.1, 0.15) is 0 Å². The van der Waals surface area contributed by atoms with Gasteiger partial charge in [-0.25, -0.2) is 0 Å². The van der Waals surface area contributed by atoms with Gasteiger partial charge in [-0.2, -0.15) is 0 Å². The predicted molar refractivity (Wildman–Crippen MR) is 92.4 cm³/mol. The summed E-state index contributed by atoms with van der Waals surface area (Å²) in [5.41, 5.74) is 0. The molecule has 0 aromatic heterocycles. The third-order valence-electron chi connectivity index (χ3n) is 7.15. The van der Waals surface area contributed by atoms with Gasteiger partial charge in [-0.05, 0) is 42.9 Å². The lowest BCUT2D eigenvalue weighted by Crippen LogP contribution is -2.31. The average Bonchev–Trinajstić information content (AvgIpc) is 2.60. The van der Waals surface area contributed by atoms with E-state index >= 15 is 0 Å². The van der Waals surface area contributed by atoms with Gasteiger partial charge in [0, 0.05) is 0 Å². The van der Waals surface area contributed by atoms with Crippen LogP contribution >= 0.6 is 0 Å². The van der Waals surface area contributed by atoms with Crippen molar-refractivity contribution in [1.82, 2.24) is 0 Å². The molecule has 0 aromatic rings. The first-order valence-electron chi connectivity index (χ1n) is 10.4. The molecule has 0 bridgehead atoms. The summed E-state index contributed by atoms with van der Waals surface area (Å²) in [6, 6.07) is 0. The van der Waals surface area contributed by atoms with Gasteiger partial charge < -0.3 is 0 Å². The molecule has 0 amide bonds. The summed E-state index contributed by atoms with van der Waals surface area (Å²) < 4.78 is 0. The van der Waals surface area contributed by atoms with Crippen molar-refractivity contribution in [2.45, 2.75) is 109 Å². The van der Waals surface area contributed by atoms with Crippen LogP contribution in [0.1, 0.15) is 109 Å². The second-order valence-corrected chi connectivity index (χ2v) is 8.54. The molecule has 0 radical (unpaired) electrons. The molecule has 3 unspecified atom stereocenters. The first-order valence-corrected chi connectivity index (χ1v) is 10.4. The maximum Gasteiger partial charge on any atom is -0.0383 e. The predicted octanol–water partition coefficient (Wildman–Crippen LogP) is 7.12. The fourth-order valence-corrected chi connectivity index (χ4v) is 5.83. The van der Waals surface area contributed by atoms with Crippen molar-refractivity contribution in [2.24, 2.45) is 23.7 Å². The van der Waals surface area contributed by atoms with E-state index < -0.39 is 0 Å². The largest absolute Gasteiger partial charge is 0.0533 e. The van der Waals surface area contributed by atoms with Gasteiger partial charge in [0.15, 0.2) is 0 Å². The average molecular weight is 291 g/mol. The lowest BCUT2D eigenvalue weighted by Gasteiger charge is -2.42. The summed E-state index contributed by atoms with van der Waals surface area (Å²) in [4.78, 5) is 0. The van der Waals surface area contributed by atoms with Gasteiger partial charge >= 0.3 is 0 Å². The van der Waals surface area contributed by atoms with Crippen LogP contribution in [-0.4, -0.2) is 0 Å². The molecule has 0 heteroatoms. The summed E-state index contributed by atoms with van der Waals surface area (Å²) in [5.74, 6) is 4.49. The van der Waals surface area contributed by atoms with Crippen molar-refractivity contribution in [3.05, 3.63) is 0 Å². The Morgan fingerprint density at radius 3 is 1.24 bits per heavy atom. The third-order valence-corrected chi connectivity index (χ3v) is 7.15. The van der Waals surface area contributed by atoms with Crippen LogP contribution in [0.25, 0.3) is 0 Å². The molecular formula is C21H38. The lowest BCUT2D eigenvalue weighted by molar-refractivity contribution is 0.0913. The Labute approximate surface area is 133 Å². The molecule has 21 heavy (non-hydrogen) atoms. The van der Waals surface area contributed by atoms with E-state index in [1.807, 2.05) is 0 Å². The van der Waals surface area contributed by atoms with Crippen LogP contribution < -0.4 is 0 Å². The Kier molecular flexibility index (Phi) is 6.49. The minimum Gasteiger partial charge on any atom is -0.0533 e. The molecule has 3 aliphatic rings. The molecule has 3 fully saturated rings. The molecule has 3 saturated carbocycles. The zero-order valence-corrected chi connectivity index (χ0v) is 14.3. The first kappa shape index (κ1) is 15.9. The molecular weight excluding hydrogens is 252 g/mol. The smallest absolute Gasteiger partial charge is 0.0383 e. The summed E-state index contributed by atoms with van der Waals surface area (Å²) in [7, 11) is 0. The summed E-state index contributed by atoms with van der Waals surface area (Å²) in [6.07, 6.45) is 26.3. The molecule has 3 rings (SSSR count). The van der Waals surface area contributed by atoms with E-state index in [2.05, 4.69) is 0 Å². The van der Waals surface area contributed by atoms with Crippen molar-refractivity contribution in [3.63, 3.8) is 0 Å². The zero-order valence-electron chi connectivity index (χ0n) is 14.3. The van der Waals surface area contributed by atoms with Crippen molar-refractivity contribution in [1.29, 1.82) is 0 Å². The Hall–Kier alpha value is 0. The SMILES string of the molecule is C1CCCCCC(C2CCC3CCCCC3C2)CCCC1. The van der Waals surface area contributed by atoms with Crippen molar-refractivity contribution in [2.75, 3.05) is 0 Å². The maximum absolute atomic E-state index is 1.62. The van der Waals surface area contributed by atoms with Crippen LogP contribution in [0.3, 0.4) is 0 Å². The minimum atomic E-state index is 1.10. The summed E-state index contributed by atoms with van der Waals surface area (Å²) in [5, 5.41) is 0. The number of hydrogen-bond acceptors (Lipinski definition) is 0. The van der Waals surface area contributed by atoms with E-state index in [1.54, 1.807) is 51.4 Å². The number of hydrogen-bond donors (Lipinski definition) is 0. The highest BCUT2D eigenvalue weighted by Crippen LogP contribution is 2.46. The summed E-state index contributed by atoms with van der Waals surface area (Å²) in [6.45, 7) is 0. The molecule has 0 spiro atoms. The van der Waals surface area contributed by atoms with Gasteiger partial charge in [0.05, 0.1) is 0 Å². The topological polar surface area (TPSA) is 0 Å². The van der Waals surface area contributed by atoms with Crippen LogP contribution in [0.5, 0.6) is 0 Å². The van der Waals surface area contributed by atoms with Crippen LogP contribution in [0, 0.1) is 23.7 Å². The number of rotatable bonds is 1. The minimum absolute atomic E-state index is 1.10. The Bertz CT molecular complexity index is 270. The quantitative estimate of drug-likeness (QED) is 0.482. The normalized spacial score (nSPS) is 37.4. The highest BCUT2D eigenvalue weighted by molar-refractivity contribution is 4.86. The van der Waals surface area contributed by atoms with E-state index in [0.29, 0.717) is 0 Å². The van der Waals surface area contributed by atoms with Gasteiger partial charge in [-0.3, -0.25) is 0 Å². The molecule has 0 aliphatic heterocycles. The van der Waals surface area contributed by atoms with E-state index in [4.69, 9.17) is 0 Å². The van der Waals surface area contributed by atoms with E-state index in [-0.39, 0.29) is 0 Å². The standard InChI is InChI=1S/C21H38/c1-2-4-6-8-12-18(11-7-5-3-1)21-16-15-19-13-9-10-14-20(19)17-21/h18-21H,1-17H2. The van der Waals surface area contributed by atoms with Crippen LogP contribution in [-0.2, 0) is 0 Å². The van der Waals surface area contributed by atoms with Gasteiger partial charge in [-0.1, -0.05) is 89.9 Å². The van der Waals surface area contributed by atoms with Crippen LogP contribution in [0.2, 0.25) is 0 Å². The van der Waals surface area contributed by atoms with Crippen molar-refractivity contribution < 1.29 is 0 Å². The van der Waals surface area contributed by atoms with Gasteiger partial charge in [0.25, 0.3) is 0 Å². The molecule has 0 nitrogen and oxygen atoms in total. The van der Waals surface area contributed by atoms with Gasteiger partial charge in [0.2, 0.25) is 0 Å². The lowest BCUT2D eigenvalue weighted by atomic mass is 9.64. The van der Waals surface area contributed by atoms with E-state index in [0.717, 1.165) is 23.7 Å². The first-order chi connectivity index (χ1) is 10.4. The number of fused-ring (bicyclic) bond motifs is 1. The molecule has 0 N–H and O–H groups in total. The second-order valence-electron chi connectivity index (χ2n) is 8.54. The monoisotopic (exact) mass is 290 g/mol. The molecule has 3 atom stereocenters. The molecule has 3 aliphatic carbocycles. The van der Waals surface area contributed by atoms with Crippen LogP contribution in [0.15, 0.2) is 0 Å². The highest BCUT2D eigenvalue weighted by atomic mass is 14.4. The Balaban J connectivity index is 1.52.